The predicted molar refractivity (Wildman–Crippen MR) is 66.5 cm³/mol. The summed E-state index contributed by atoms with van der Waals surface area (Å²) in [7, 11) is 0. The minimum atomic E-state index is 0.0112. The number of carbonyl (C=O) groups excluding carboxylic acids is 1. The molecule has 2 aliphatic rings. The van der Waals surface area contributed by atoms with Crippen molar-refractivity contribution in [1.29, 1.82) is 0 Å². The molecule has 1 amide bonds. The molecular weight excluding hydrogens is 216 g/mol. The third kappa shape index (κ3) is 2.47. The zero-order valence-electron chi connectivity index (χ0n) is 11.1. The van der Waals surface area contributed by atoms with E-state index in [1.807, 2.05) is 11.8 Å². The van der Waals surface area contributed by atoms with E-state index in [4.69, 9.17) is 10.5 Å². The van der Waals surface area contributed by atoms with Crippen LogP contribution in [0, 0.1) is 11.8 Å². The number of carbonyl (C=O) groups is 1. The van der Waals surface area contributed by atoms with Gasteiger partial charge in [-0.25, -0.2) is 0 Å². The molecule has 0 aromatic heterocycles. The number of nitrogens with zero attached hydrogens (tertiary/aromatic N) is 1. The lowest BCUT2D eigenvalue weighted by molar-refractivity contribution is -0.138. The van der Waals surface area contributed by atoms with Gasteiger partial charge in [-0.3, -0.25) is 4.79 Å². The number of hydrogen-bond acceptors (Lipinski definition) is 3. The largest absolute Gasteiger partial charge is 0.374 e. The monoisotopic (exact) mass is 240 g/mol. The molecule has 2 rings (SSSR count). The topological polar surface area (TPSA) is 55.6 Å². The molecule has 0 radical (unpaired) electrons. The lowest BCUT2D eigenvalue weighted by Gasteiger charge is -2.28. The summed E-state index contributed by atoms with van der Waals surface area (Å²) < 4.78 is 5.76. The van der Waals surface area contributed by atoms with Crippen molar-refractivity contribution in [1.82, 2.24) is 4.90 Å². The summed E-state index contributed by atoms with van der Waals surface area (Å²) in [6.07, 6.45) is 2.49. The van der Waals surface area contributed by atoms with Crippen LogP contribution in [-0.4, -0.2) is 42.1 Å². The van der Waals surface area contributed by atoms with Crippen molar-refractivity contribution in [2.24, 2.45) is 17.6 Å². The Bertz CT molecular complexity index is 291. The molecule has 0 spiro atoms. The maximum atomic E-state index is 12.6. The van der Waals surface area contributed by atoms with E-state index >= 15 is 0 Å². The van der Waals surface area contributed by atoms with Crippen LogP contribution in [0.5, 0.6) is 0 Å². The quantitative estimate of drug-likeness (QED) is 0.797. The minimum Gasteiger partial charge on any atom is -0.374 e. The molecule has 0 aromatic carbocycles. The van der Waals surface area contributed by atoms with Crippen molar-refractivity contribution >= 4 is 5.91 Å². The lowest BCUT2D eigenvalue weighted by atomic mass is 9.88. The van der Waals surface area contributed by atoms with E-state index in [0.717, 1.165) is 12.8 Å². The lowest BCUT2D eigenvalue weighted by Crippen LogP contribution is -2.44. The maximum Gasteiger partial charge on any atom is 0.228 e. The molecule has 1 aliphatic heterocycles. The van der Waals surface area contributed by atoms with Crippen molar-refractivity contribution < 1.29 is 9.53 Å². The van der Waals surface area contributed by atoms with Crippen molar-refractivity contribution in [3.05, 3.63) is 0 Å². The minimum absolute atomic E-state index is 0.0112. The Balaban J connectivity index is 2.06. The summed E-state index contributed by atoms with van der Waals surface area (Å²) in [5.74, 6) is 0.566. The van der Waals surface area contributed by atoms with Crippen LogP contribution in [-0.2, 0) is 9.53 Å². The molecule has 0 aromatic rings. The van der Waals surface area contributed by atoms with E-state index < -0.39 is 0 Å². The molecule has 2 N–H and O–H groups in total. The highest BCUT2D eigenvalue weighted by molar-refractivity contribution is 5.80. The van der Waals surface area contributed by atoms with Gasteiger partial charge in [0.25, 0.3) is 0 Å². The van der Waals surface area contributed by atoms with Gasteiger partial charge in [0.15, 0.2) is 0 Å². The first-order chi connectivity index (χ1) is 8.06. The summed E-state index contributed by atoms with van der Waals surface area (Å²) in [5, 5.41) is 0. The first-order valence-corrected chi connectivity index (χ1v) is 6.72. The van der Waals surface area contributed by atoms with Crippen LogP contribution < -0.4 is 5.73 Å². The molecule has 4 atom stereocenters. The Labute approximate surface area is 103 Å². The SMILES string of the molecule is CC1OC(C)C(C(=O)N(CCN)C2CC2)C1C. The summed E-state index contributed by atoms with van der Waals surface area (Å²) in [5.41, 5.74) is 5.60. The smallest absolute Gasteiger partial charge is 0.228 e. The van der Waals surface area contributed by atoms with Gasteiger partial charge < -0.3 is 15.4 Å². The summed E-state index contributed by atoms with van der Waals surface area (Å²) >= 11 is 0. The van der Waals surface area contributed by atoms with Crippen LogP contribution in [0.25, 0.3) is 0 Å². The molecule has 0 bridgehead atoms. The summed E-state index contributed by atoms with van der Waals surface area (Å²) in [6, 6.07) is 0.446. The average molecular weight is 240 g/mol. The third-order valence-electron chi connectivity index (χ3n) is 4.17. The van der Waals surface area contributed by atoms with Crippen LogP contribution in [0.3, 0.4) is 0 Å². The van der Waals surface area contributed by atoms with Crippen molar-refractivity contribution in [3.8, 4) is 0 Å². The number of ether oxygens (including phenoxy) is 1. The van der Waals surface area contributed by atoms with Gasteiger partial charge in [0.05, 0.1) is 18.1 Å². The Morgan fingerprint density at radius 3 is 2.35 bits per heavy atom. The van der Waals surface area contributed by atoms with Gasteiger partial charge in [-0.05, 0) is 32.6 Å². The van der Waals surface area contributed by atoms with E-state index in [0.29, 0.717) is 25.0 Å². The normalized spacial score (nSPS) is 37.2. The van der Waals surface area contributed by atoms with E-state index in [1.54, 1.807) is 0 Å². The van der Waals surface area contributed by atoms with Gasteiger partial charge in [-0.2, -0.15) is 0 Å². The van der Waals surface area contributed by atoms with E-state index in [-0.39, 0.29) is 24.0 Å². The zero-order chi connectivity index (χ0) is 12.6. The summed E-state index contributed by atoms with van der Waals surface area (Å²) in [4.78, 5) is 14.6. The Hall–Kier alpha value is -0.610. The van der Waals surface area contributed by atoms with Gasteiger partial charge >= 0.3 is 0 Å². The molecule has 98 valence electrons. The molecule has 4 heteroatoms. The number of hydrogen-bond donors (Lipinski definition) is 1. The second kappa shape index (κ2) is 4.94. The van der Waals surface area contributed by atoms with Gasteiger partial charge in [-0.15, -0.1) is 0 Å². The van der Waals surface area contributed by atoms with Gasteiger partial charge in [0.1, 0.15) is 0 Å². The van der Waals surface area contributed by atoms with E-state index in [1.165, 1.54) is 0 Å². The Morgan fingerprint density at radius 1 is 1.29 bits per heavy atom. The summed E-state index contributed by atoms with van der Waals surface area (Å²) in [6.45, 7) is 7.42. The first-order valence-electron chi connectivity index (χ1n) is 6.72. The highest BCUT2D eigenvalue weighted by Crippen LogP contribution is 2.36. The molecule has 4 nitrogen and oxygen atoms in total. The molecule has 17 heavy (non-hydrogen) atoms. The van der Waals surface area contributed by atoms with Crippen molar-refractivity contribution in [3.63, 3.8) is 0 Å². The maximum absolute atomic E-state index is 12.6. The Morgan fingerprint density at radius 2 is 1.94 bits per heavy atom. The van der Waals surface area contributed by atoms with E-state index in [9.17, 15) is 4.79 Å². The molecule has 1 heterocycles. The fraction of sp³-hybridized carbons (Fsp3) is 0.923. The van der Waals surface area contributed by atoms with Crippen LogP contribution in [0.15, 0.2) is 0 Å². The van der Waals surface area contributed by atoms with Crippen molar-refractivity contribution in [2.75, 3.05) is 13.1 Å². The van der Waals surface area contributed by atoms with Crippen LogP contribution >= 0.6 is 0 Å². The standard InChI is InChI=1S/C13H24N2O2/c1-8-9(2)17-10(3)12(8)13(16)15(7-6-14)11-4-5-11/h8-12H,4-7,14H2,1-3H3. The predicted octanol–water partition coefficient (Wildman–Crippen LogP) is 0.996. The highest BCUT2D eigenvalue weighted by atomic mass is 16.5. The zero-order valence-corrected chi connectivity index (χ0v) is 11.1. The first kappa shape index (κ1) is 12.8. The average Bonchev–Trinajstić information content (AvgIpc) is 3.05. The number of amides is 1. The van der Waals surface area contributed by atoms with E-state index in [2.05, 4.69) is 13.8 Å². The fourth-order valence-corrected chi connectivity index (χ4v) is 2.88. The molecule has 4 unspecified atom stereocenters. The van der Waals surface area contributed by atoms with Gasteiger partial charge in [-0.1, -0.05) is 6.92 Å². The number of nitrogens with two attached hydrogens (primary N) is 1. The fourth-order valence-electron chi connectivity index (χ4n) is 2.88. The van der Waals surface area contributed by atoms with Crippen LogP contribution in [0.1, 0.15) is 33.6 Å². The van der Waals surface area contributed by atoms with Gasteiger partial charge in [0, 0.05) is 19.1 Å². The highest BCUT2D eigenvalue weighted by Gasteiger charge is 2.45. The second-order valence-electron chi connectivity index (χ2n) is 5.48. The molecule has 1 aliphatic carbocycles. The number of rotatable bonds is 4. The molecule has 1 saturated carbocycles. The van der Waals surface area contributed by atoms with Crippen LogP contribution in [0.2, 0.25) is 0 Å². The Kier molecular flexibility index (Phi) is 3.73. The molecule has 1 saturated heterocycles. The van der Waals surface area contributed by atoms with Crippen LogP contribution in [0.4, 0.5) is 0 Å². The third-order valence-corrected chi connectivity index (χ3v) is 4.17. The second-order valence-corrected chi connectivity index (χ2v) is 5.48. The molecular formula is C13H24N2O2. The van der Waals surface area contributed by atoms with Gasteiger partial charge in [0.2, 0.25) is 5.91 Å². The van der Waals surface area contributed by atoms with Crippen molar-refractivity contribution in [2.45, 2.75) is 51.9 Å². The molecule has 2 fully saturated rings.